The Morgan fingerprint density at radius 2 is 2.24 bits per heavy atom. The van der Waals surface area contributed by atoms with Crippen LogP contribution >= 0.6 is 22.6 Å². The summed E-state index contributed by atoms with van der Waals surface area (Å²) in [6.45, 7) is 3.96. The molecule has 4 nitrogen and oxygen atoms in total. The molecule has 0 amide bonds. The van der Waals surface area contributed by atoms with Gasteiger partial charge < -0.3 is 4.98 Å². The zero-order chi connectivity index (χ0) is 12.4. The van der Waals surface area contributed by atoms with Gasteiger partial charge in [-0.15, -0.1) is 0 Å². The van der Waals surface area contributed by atoms with Crippen LogP contribution in [0.3, 0.4) is 0 Å². The van der Waals surface area contributed by atoms with E-state index in [4.69, 9.17) is 0 Å². The monoisotopic (exact) mass is 341 g/mol. The first-order valence-electron chi connectivity index (χ1n) is 5.33. The molecule has 0 atom stereocenters. The molecule has 0 unspecified atom stereocenters. The Hall–Kier alpha value is -1.24. The highest BCUT2D eigenvalue weighted by molar-refractivity contribution is 14.1. The van der Waals surface area contributed by atoms with E-state index >= 15 is 0 Å². The molecule has 0 fully saturated rings. The number of aromatic nitrogens is 3. The van der Waals surface area contributed by atoms with Gasteiger partial charge in [-0.25, -0.2) is 4.98 Å². The maximum atomic E-state index is 11.8. The highest BCUT2D eigenvalue weighted by Gasteiger charge is 2.10. The quantitative estimate of drug-likeness (QED) is 0.853. The number of hydrogen-bond acceptors (Lipinski definition) is 3. The van der Waals surface area contributed by atoms with Crippen LogP contribution in [0.2, 0.25) is 0 Å². The molecule has 2 aromatic heterocycles. The smallest absolute Gasteiger partial charge is 0.264 e. The Balaban J connectivity index is 2.66. The van der Waals surface area contributed by atoms with Crippen molar-refractivity contribution in [2.75, 3.05) is 0 Å². The van der Waals surface area contributed by atoms with Gasteiger partial charge in [0, 0.05) is 18.0 Å². The Morgan fingerprint density at radius 1 is 1.47 bits per heavy atom. The molecule has 0 bridgehead atoms. The van der Waals surface area contributed by atoms with Gasteiger partial charge >= 0.3 is 0 Å². The number of halogens is 1. The summed E-state index contributed by atoms with van der Waals surface area (Å²) >= 11 is 2.03. The molecular weight excluding hydrogens is 329 g/mol. The van der Waals surface area contributed by atoms with Crippen molar-refractivity contribution < 1.29 is 0 Å². The minimum Gasteiger partial charge on any atom is -0.306 e. The molecule has 0 aromatic carbocycles. The number of pyridine rings is 1. The fourth-order valence-corrected chi connectivity index (χ4v) is 2.22. The van der Waals surface area contributed by atoms with Gasteiger partial charge in [0.2, 0.25) is 0 Å². The lowest BCUT2D eigenvalue weighted by Gasteiger charge is -2.06. The van der Waals surface area contributed by atoms with E-state index in [-0.39, 0.29) is 5.56 Å². The maximum absolute atomic E-state index is 11.8. The van der Waals surface area contributed by atoms with E-state index in [1.807, 2.05) is 42.5 Å². The number of nitrogens with zero attached hydrogens (tertiary/aromatic N) is 2. The summed E-state index contributed by atoms with van der Waals surface area (Å²) in [5.41, 5.74) is 2.66. The first-order chi connectivity index (χ1) is 8.13. The van der Waals surface area contributed by atoms with Crippen molar-refractivity contribution in [3.05, 3.63) is 43.6 Å². The van der Waals surface area contributed by atoms with Crippen molar-refractivity contribution >= 4 is 22.6 Å². The van der Waals surface area contributed by atoms with Crippen molar-refractivity contribution in [3.8, 4) is 11.4 Å². The molecule has 0 aliphatic heterocycles. The van der Waals surface area contributed by atoms with E-state index in [9.17, 15) is 4.79 Å². The molecule has 0 radical (unpaired) electrons. The highest BCUT2D eigenvalue weighted by Crippen LogP contribution is 2.18. The summed E-state index contributed by atoms with van der Waals surface area (Å²) in [5, 5.41) is 0. The third-order valence-corrected chi connectivity index (χ3v) is 3.67. The van der Waals surface area contributed by atoms with Crippen LogP contribution in [0.4, 0.5) is 0 Å². The maximum Gasteiger partial charge on any atom is 0.264 e. The molecule has 0 aliphatic rings. The molecule has 0 spiro atoms. The van der Waals surface area contributed by atoms with E-state index in [2.05, 4.69) is 15.0 Å². The normalized spacial score (nSPS) is 10.5. The highest BCUT2D eigenvalue weighted by atomic mass is 127. The molecule has 5 heteroatoms. The van der Waals surface area contributed by atoms with E-state index in [0.717, 1.165) is 23.2 Å². The average Bonchev–Trinajstić information content (AvgIpc) is 2.33. The fraction of sp³-hybridized carbons (Fsp3) is 0.250. The van der Waals surface area contributed by atoms with Crippen LogP contribution in [-0.4, -0.2) is 15.0 Å². The van der Waals surface area contributed by atoms with Crippen molar-refractivity contribution in [2.45, 2.75) is 20.3 Å². The number of rotatable bonds is 2. The Morgan fingerprint density at radius 3 is 2.88 bits per heavy atom. The van der Waals surface area contributed by atoms with E-state index in [0.29, 0.717) is 9.39 Å². The standard InChI is InChI=1S/C12H12IN3O/c1-3-9-10(13)12(17)16-11(15-9)8-6-14-5-4-7(8)2/h4-6H,3H2,1-2H3,(H,15,16,17). The van der Waals surface area contributed by atoms with Crippen LogP contribution in [0.15, 0.2) is 23.3 Å². The second-order valence-electron chi connectivity index (χ2n) is 3.72. The number of aryl methyl sites for hydroxylation is 2. The lowest BCUT2D eigenvalue weighted by atomic mass is 10.1. The van der Waals surface area contributed by atoms with Crippen LogP contribution < -0.4 is 5.56 Å². The summed E-state index contributed by atoms with van der Waals surface area (Å²) in [6, 6.07) is 1.90. The Kier molecular flexibility index (Phi) is 3.56. The van der Waals surface area contributed by atoms with Crippen molar-refractivity contribution in [1.29, 1.82) is 0 Å². The van der Waals surface area contributed by atoms with E-state index in [1.54, 1.807) is 12.4 Å². The minimum absolute atomic E-state index is 0.0873. The van der Waals surface area contributed by atoms with Crippen molar-refractivity contribution in [3.63, 3.8) is 0 Å². The zero-order valence-corrected chi connectivity index (χ0v) is 11.8. The SMILES string of the molecule is CCc1nc(-c2cnccc2C)[nH]c(=O)c1I. The summed E-state index contributed by atoms with van der Waals surface area (Å²) in [7, 11) is 0. The predicted molar refractivity (Wildman–Crippen MR) is 74.9 cm³/mol. The Bertz CT molecular complexity index is 607. The molecule has 0 aliphatic carbocycles. The lowest BCUT2D eigenvalue weighted by molar-refractivity contribution is 0.965. The van der Waals surface area contributed by atoms with E-state index in [1.165, 1.54) is 0 Å². The number of H-pyrrole nitrogens is 1. The van der Waals surface area contributed by atoms with Crippen molar-refractivity contribution in [2.24, 2.45) is 0 Å². The molecule has 2 aromatic rings. The van der Waals surface area contributed by atoms with Gasteiger partial charge in [0.25, 0.3) is 5.56 Å². The molecule has 2 rings (SSSR count). The van der Waals surface area contributed by atoms with Crippen LogP contribution in [0.1, 0.15) is 18.2 Å². The minimum atomic E-state index is -0.0873. The van der Waals surface area contributed by atoms with E-state index < -0.39 is 0 Å². The number of nitrogens with one attached hydrogen (secondary N) is 1. The van der Waals surface area contributed by atoms with Gasteiger partial charge in [-0.3, -0.25) is 9.78 Å². The molecule has 2 heterocycles. The van der Waals surface area contributed by atoms with Crippen LogP contribution in [-0.2, 0) is 6.42 Å². The number of aromatic amines is 1. The molecule has 0 saturated heterocycles. The average molecular weight is 341 g/mol. The van der Waals surface area contributed by atoms with Gasteiger partial charge in [0.1, 0.15) is 5.82 Å². The summed E-state index contributed by atoms with van der Waals surface area (Å²) in [5.74, 6) is 0.595. The molecular formula is C12H12IN3O. The molecule has 88 valence electrons. The van der Waals surface area contributed by atoms with Gasteiger partial charge in [-0.05, 0) is 47.6 Å². The summed E-state index contributed by atoms with van der Waals surface area (Å²) in [6.07, 6.45) is 4.19. The van der Waals surface area contributed by atoms with Crippen LogP contribution in [0.25, 0.3) is 11.4 Å². The van der Waals surface area contributed by atoms with Crippen molar-refractivity contribution in [1.82, 2.24) is 15.0 Å². The van der Waals surface area contributed by atoms with Gasteiger partial charge in [-0.2, -0.15) is 0 Å². The summed E-state index contributed by atoms with van der Waals surface area (Å²) in [4.78, 5) is 23.1. The zero-order valence-electron chi connectivity index (χ0n) is 9.62. The van der Waals surface area contributed by atoms with Crippen LogP contribution in [0.5, 0.6) is 0 Å². The lowest BCUT2D eigenvalue weighted by Crippen LogP contribution is -2.16. The molecule has 0 saturated carbocycles. The largest absolute Gasteiger partial charge is 0.306 e. The third-order valence-electron chi connectivity index (χ3n) is 2.56. The van der Waals surface area contributed by atoms with Crippen LogP contribution in [0, 0.1) is 10.5 Å². The Labute approximate surface area is 113 Å². The fourth-order valence-electron chi connectivity index (χ4n) is 1.58. The topological polar surface area (TPSA) is 58.6 Å². The predicted octanol–water partition coefficient (Wildman–Crippen LogP) is 2.31. The second-order valence-corrected chi connectivity index (χ2v) is 4.80. The van der Waals surface area contributed by atoms with Gasteiger partial charge in [0.15, 0.2) is 0 Å². The van der Waals surface area contributed by atoms with Gasteiger partial charge in [0.05, 0.1) is 9.26 Å². The van der Waals surface area contributed by atoms with Gasteiger partial charge in [-0.1, -0.05) is 6.92 Å². The molecule has 1 N–H and O–H groups in total. The third kappa shape index (κ3) is 2.38. The summed E-state index contributed by atoms with van der Waals surface area (Å²) < 4.78 is 0.662. The number of hydrogen-bond donors (Lipinski definition) is 1. The molecule has 17 heavy (non-hydrogen) atoms. The first-order valence-corrected chi connectivity index (χ1v) is 6.41. The first kappa shape index (κ1) is 12.2. The second kappa shape index (κ2) is 4.95.